The molecule has 1 aromatic heterocycles. The van der Waals surface area contributed by atoms with Crippen LogP contribution in [0.25, 0.3) is 0 Å². The maximum atomic E-state index is 11.9. The molecule has 1 amide bonds. The van der Waals surface area contributed by atoms with Crippen molar-refractivity contribution in [2.45, 2.75) is 45.7 Å². The van der Waals surface area contributed by atoms with Crippen LogP contribution in [0, 0.1) is 5.92 Å². The van der Waals surface area contributed by atoms with E-state index in [2.05, 4.69) is 18.3 Å². The van der Waals surface area contributed by atoms with Gasteiger partial charge in [0.05, 0.1) is 4.34 Å². The summed E-state index contributed by atoms with van der Waals surface area (Å²) in [6.45, 7) is 7.84. The minimum Gasteiger partial charge on any atom is -0.342 e. The lowest BCUT2D eigenvalue weighted by molar-refractivity contribution is -0.135. The molecular formula is C15H23ClN2OS. The van der Waals surface area contributed by atoms with Gasteiger partial charge >= 0.3 is 0 Å². The zero-order chi connectivity index (χ0) is 14.7. The monoisotopic (exact) mass is 314 g/mol. The van der Waals surface area contributed by atoms with Crippen molar-refractivity contribution >= 4 is 28.8 Å². The molecule has 5 heteroatoms. The van der Waals surface area contributed by atoms with Crippen LogP contribution in [0.4, 0.5) is 0 Å². The maximum Gasteiger partial charge on any atom is 0.225 e. The number of thiophene rings is 1. The summed E-state index contributed by atoms with van der Waals surface area (Å²) in [7, 11) is 0. The zero-order valence-corrected chi connectivity index (χ0v) is 13.9. The summed E-state index contributed by atoms with van der Waals surface area (Å²) in [4.78, 5) is 15.2. The van der Waals surface area contributed by atoms with Gasteiger partial charge in [-0.3, -0.25) is 4.79 Å². The molecule has 0 aliphatic carbocycles. The number of rotatable bonds is 4. The lowest BCUT2D eigenvalue weighted by atomic mass is 10.0. The number of hydrogen-bond acceptors (Lipinski definition) is 3. The topological polar surface area (TPSA) is 32.3 Å². The van der Waals surface area contributed by atoms with E-state index >= 15 is 0 Å². The number of nitrogens with one attached hydrogen (secondary N) is 1. The number of halogens is 1. The van der Waals surface area contributed by atoms with E-state index < -0.39 is 0 Å². The molecule has 1 atom stereocenters. The van der Waals surface area contributed by atoms with Crippen molar-refractivity contribution in [2.24, 2.45) is 5.92 Å². The average molecular weight is 315 g/mol. The molecule has 2 heterocycles. The van der Waals surface area contributed by atoms with Crippen molar-refractivity contribution < 1.29 is 4.79 Å². The van der Waals surface area contributed by atoms with Crippen LogP contribution in [0.1, 0.15) is 44.5 Å². The van der Waals surface area contributed by atoms with Gasteiger partial charge in [-0.25, -0.2) is 0 Å². The summed E-state index contributed by atoms with van der Waals surface area (Å²) in [6, 6.07) is 4.85. The van der Waals surface area contributed by atoms with Gasteiger partial charge in [-0.2, -0.15) is 0 Å². The first-order chi connectivity index (χ1) is 9.47. The molecule has 20 heavy (non-hydrogen) atoms. The summed E-state index contributed by atoms with van der Waals surface area (Å²) >= 11 is 7.61. The van der Waals surface area contributed by atoms with E-state index in [4.69, 9.17) is 11.6 Å². The highest BCUT2D eigenvalue weighted by Gasteiger charge is 2.25. The third-order valence-corrected chi connectivity index (χ3v) is 5.22. The van der Waals surface area contributed by atoms with Gasteiger partial charge < -0.3 is 10.2 Å². The second kappa shape index (κ2) is 6.92. The molecule has 1 saturated heterocycles. The van der Waals surface area contributed by atoms with Crippen molar-refractivity contribution in [2.75, 3.05) is 13.1 Å². The largest absolute Gasteiger partial charge is 0.342 e. The smallest absolute Gasteiger partial charge is 0.225 e. The van der Waals surface area contributed by atoms with Crippen molar-refractivity contribution in [3.05, 3.63) is 21.3 Å². The van der Waals surface area contributed by atoms with Crippen LogP contribution in [0.2, 0.25) is 4.34 Å². The molecular weight excluding hydrogens is 292 g/mol. The molecule has 1 unspecified atom stereocenters. The van der Waals surface area contributed by atoms with Gasteiger partial charge in [0.2, 0.25) is 5.91 Å². The van der Waals surface area contributed by atoms with Crippen molar-refractivity contribution in [1.29, 1.82) is 0 Å². The summed E-state index contributed by atoms with van der Waals surface area (Å²) in [6.07, 6.45) is 2.06. The molecule has 0 radical (unpaired) electrons. The van der Waals surface area contributed by atoms with Crippen LogP contribution in [0.15, 0.2) is 12.1 Å². The average Bonchev–Trinajstić information content (AvgIpc) is 2.85. The standard InChI is InChI=1S/C15H23ClN2OS/c1-10(2)15(19)18-8-6-12(7-9-18)17-11(3)13-4-5-14(16)20-13/h4-5,10-12,17H,6-9H2,1-3H3. The summed E-state index contributed by atoms with van der Waals surface area (Å²) in [5.74, 6) is 0.383. The molecule has 0 spiro atoms. The second-order valence-electron chi connectivity index (χ2n) is 5.78. The molecule has 1 aromatic rings. The number of amides is 1. The van der Waals surface area contributed by atoms with Crippen LogP contribution in [0.3, 0.4) is 0 Å². The molecule has 1 aliphatic rings. The molecule has 1 aliphatic heterocycles. The van der Waals surface area contributed by atoms with E-state index in [0.717, 1.165) is 30.3 Å². The lowest BCUT2D eigenvalue weighted by Crippen LogP contribution is -2.46. The third-order valence-electron chi connectivity index (χ3n) is 3.81. The van der Waals surface area contributed by atoms with Gasteiger partial charge in [0.25, 0.3) is 0 Å². The fraction of sp³-hybridized carbons (Fsp3) is 0.667. The van der Waals surface area contributed by atoms with Gasteiger partial charge in [0.1, 0.15) is 0 Å². The Morgan fingerprint density at radius 2 is 2.00 bits per heavy atom. The first-order valence-electron chi connectivity index (χ1n) is 7.27. The van der Waals surface area contributed by atoms with Crippen molar-refractivity contribution in [3.63, 3.8) is 0 Å². The number of piperidine rings is 1. The van der Waals surface area contributed by atoms with E-state index in [9.17, 15) is 4.79 Å². The molecule has 3 nitrogen and oxygen atoms in total. The SMILES string of the molecule is CC(C)C(=O)N1CCC(NC(C)c2ccc(Cl)s2)CC1. The molecule has 0 saturated carbocycles. The minimum atomic E-state index is 0.103. The fourth-order valence-corrected chi connectivity index (χ4v) is 3.70. The van der Waals surface area contributed by atoms with Crippen molar-refractivity contribution in [1.82, 2.24) is 10.2 Å². The van der Waals surface area contributed by atoms with Crippen LogP contribution < -0.4 is 5.32 Å². The van der Waals surface area contributed by atoms with E-state index in [1.54, 1.807) is 11.3 Å². The van der Waals surface area contributed by atoms with Gasteiger partial charge in [0.15, 0.2) is 0 Å². The van der Waals surface area contributed by atoms with Gasteiger partial charge in [-0.15, -0.1) is 11.3 Å². The highest BCUT2D eigenvalue weighted by Crippen LogP contribution is 2.27. The molecule has 112 valence electrons. The Balaban J connectivity index is 1.81. The number of carbonyl (C=O) groups is 1. The number of carbonyl (C=O) groups excluding carboxylic acids is 1. The fourth-order valence-electron chi connectivity index (χ4n) is 2.63. The Labute approximate surface area is 130 Å². The molecule has 1 fully saturated rings. The predicted molar refractivity (Wildman–Crippen MR) is 85.3 cm³/mol. The summed E-state index contributed by atoms with van der Waals surface area (Å²) < 4.78 is 0.839. The van der Waals surface area contributed by atoms with Crippen LogP contribution in [0.5, 0.6) is 0 Å². The van der Waals surface area contributed by atoms with Gasteiger partial charge in [-0.05, 0) is 31.9 Å². The third kappa shape index (κ3) is 3.96. The molecule has 2 rings (SSSR count). The number of likely N-dealkylation sites (tertiary alicyclic amines) is 1. The molecule has 0 aromatic carbocycles. The highest BCUT2D eigenvalue weighted by atomic mass is 35.5. The van der Waals surface area contributed by atoms with Gasteiger partial charge in [0, 0.05) is 36.0 Å². The Kier molecular flexibility index (Phi) is 5.47. The predicted octanol–water partition coefficient (Wildman–Crippen LogP) is 3.70. The maximum absolute atomic E-state index is 11.9. The second-order valence-corrected chi connectivity index (χ2v) is 7.53. The Morgan fingerprint density at radius 3 is 2.50 bits per heavy atom. The highest BCUT2D eigenvalue weighted by molar-refractivity contribution is 7.16. The van der Waals surface area contributed by atoms with Crippen LogP contribution >= 0.6 is 22.9 Å². The van der Waals surface area contributed by atoms with E-state index in [1.807, 2.05) is 24.8 Å². The summed E-state index contributed by atoms with van der Waals surface area (Å²) in [5.41, 5.74) is 0. The first-order valence-corrected chi connectivity index (χ1v) is 8.47. The van der Waals surface area contributed by atoms with E-state index in [0.29, 0.717) is 12.1 Å². The van der Waals surface area contributed by atoms with E-state index in [1.165, 1.54) is 4.88 Å². The number of nitrogens with zero attached hydrogens (tertiary/aromatic N) is 1. The number of hydrogen-bond donors (Lipinski definition) is 1. The zero-order valence-electron chi connectivity index (χ0n) is 12.4. The van der Waals surface area contributed by atoms with Gasteiger partial charge in [-0.1, -0.05) is 25.4 Å². The molecule has 0 bridgehead atoms. The normalized spacial score (nSPS) is 18.6. The van der Waals surface area contributed by atoms with E-state index in [-0.39, 0.29) is 11.8 Å². The first kappa shape index (κ1) is 15.8. The van der Waals surface area contributed by atoms with Crippen molar-refractivity contribution in [3.8, 4) is 0 Å². The summed E-state index contributed by atoms with van der Waals surface area (Å²) in [5, 5.41) is 3.65. The quantitative estimate of drug-likeness (QED) is 0.919. The minimum absolute atomic E-state index is 0.103. The molecule has 1 N–H and O–H groups in total. The lowest BCUT2D eigenvalue weighted by Gasteiger charge is -2.34. The van der Waals surface area contributed by atoms with Crippen LogP contribution in [-0.2, 0) is 4.79 Å². The Morgan fingerprint density at radius 1 is 1.35 bits per heavy atom. The van der Waals surface area contributed by atoms with Crippen LogP contribution in [-0.4, -0.2) is 29.9 Å². The Hall–Kier alpha value is -0.580. The Bertz CT molecular complexity index is 452.